The van der Waals surface area contributed by atoms with E-state index in [0.29, 0.717) is 18.3 Å². The molecule has 2 rings (SSSR count). The highest BCUT2D eigenvalue weighted by Crippen LogP contribution is 2.15. The van der Waals surface area contributed by atoms with E-state index in [4.69, 9.17) is 0 Å². The van der Waals surface area contributed by atoms with Gasteiger partial charge in [-0.25, -0.2) is 4.98 Å². The average Bonchev–Trinajstić information content (AvgIpc) is 2.40. The molecule has 3 heteroatoms. The topological polar surface area (TPSA) is 37.6 Å². The van der Waals surface area contributed by atoms with Crippen LogP contribution in [0.3, 0.4) is 0 Å². The molecule has 1 aromatic carbocycles. The van der Waals surface area contributed by atoms with E-state index in [1.165, 1.54) is 11.1 Å². The van der Waals surface area contributed by atoms with Gasteiger partial charge in [0.05, 0.1) is 6.54 Å². The first-order valence-electron chi connectivity index (χ1n) is 6.13. The van der Waals surface area contributed by atoms with Gasteiger partial charge in [-0.1, -0.05) is 44.2 Å². The highest BCUT2D eigenvalue weighted by molar-refractivity contribution is 5.25. The van der Waals surface area contributed by atoms with Crippen molar-refractivity contribution in [3.63, 3.8) is 0 Å². The van der Waals surface area contributed by atoms with Crippen molar-refractivity contribution in [1.29, 1.82) is 0 Å². The lowest BCUT2D eigenvalue weighted by Gasteiger charge is -2.05. The predicted molar refractivity (Wildman–Crippen MR) is 73.0 cm³/mol. The molecule has 1 heterocycles. The van der Waals surface area contributed by atoms with Gasteiger partial charge in [0.1, 0.15) is 0 Å². The highest BCUT2D eigenvalue weighted by Gasteiger charge is 1.98. The Hall–Kier alpha value is -2.03. The first-order chi connectivity index (χ1) is 8.75. The Morgan fingerprint density at radius 2 is 1.83 bits per heavy atom. The van der Waals surface area contributed by atoms with E-state index < -0.39 is 0 Å². The largest absolute Gasteiger partial charge is 0.236 e. The SMILES string of the molecule is CC(C)c1ccc(CN=Nc2ccccn2)cc1. The van der Waals surface area contributed by atoms with Crippen molar-refractivity contribution >= 4 is 5.82 Å². The summed E-state index contributed by atoms with van der Waals surface area (Å²) < 4.78 is 0. The number of pyridine rings is 1. The van der Waals surface area contributed by atoms with E-state index in [2.05, 4.69) is 53.3 Å². The molecule has 0 unspecified atom stereocenters. The predicted octanol–water partition coefficient (Wildman–Crippen LogP) is 4.49. The lowest BCUT2D eigenvalue weighted by atomic mass is 10.0. The second-order valence-electron chi connectivity index (χ2n) is 4.48. The maximum Gasteiger partial charge on any atom is 0.173 e. The molecule has 3 nitrogen and oxygen atoms in total. The van der Waals surface area contributed by atoms with Gasteiger partial charge in [0.15, 0.2) is 5.82 Å². The lowest BCUT2D eigenvalue weighted by molar-refractivity contribution is 0.862. The van der Waals surface area contributed by atoms with Crippen LogP contribution in [0.2, 0.25) is 0 Å². The minimum absolute atomic E-state index is 0.564. The second kappa shape index (κ2) is 6.05. The van der Waals surface area contributed by atoms with Gasteiger partial charge in [0.25, 0.3) is 0 Å². The fourth-order valence-corrected chi connectivity index (χ4v) is 1.61. The molecule has 0 bridgehead atoms. The lowest BCUT2D eigenvalue weighted by Crippen LogP contribution is -1.88. The minimum Gasteiger partial charge on any atom is -0.236 e. The van der Waals surface area contributed by atoms with Gasteiger partial charge in [-0.05, 0) is 29.2 Å². The number of hydrogen-bond acceptors (Lipinski definition) is 3. The summed E-state index contributed by atoms with van der Waals surface area (Å²) in [4.78, 5) is 4.09. The van der Waals surface area contributed by atoms with Crippen LogP contribution in [0.5, 0.6) is 0 Å². The third-order valence-electron chi connectivity index (χ3n) is 2.72. The maximum absolute atomic E-state index is 4.15. The average molecular weight is 239 g/mol. The summed E-state index contributed by atoms with van der Waals surface area (Å²) in [5.74, 6) is 1.21. The Kier molecular flexibility index (Phi) is 4.18. The Bertz CT molecular complexity index is 501. The molecule has 0 spiro atoms. The molecular weight excluding hydrogens is 222 g/mol. The molecule has 2 aromatic rings. The second-order valence-corrected chi connectivity index (χ2v) is 4.48. The van der Waals surface area contributed by atoms with Crippen LogP contribution < -0.4 is 0 Å². The van der Waals surface area contributed by atoms with E-state index in [0.717, 1.165) is 0 Å². The maximum atomic E-state index is 4.15. The molecule has 0 radical (unpaired) electrons. The molecule has 1 aromatic heterocycles. The van der Waals surface area contributed by atoms with Gasteiger partial charge < -0.3 is 0 Å². The van der Waals surface area contributed by atoms with Crippen molar-refractivity contribution in [2.75, 3.05) is 0 Å². The molecule has 0 amide bonds. The Balaban J connectivity index is 1.96. The van der Waals surface area contributed by atoms with Crippen LogP contribution in [0.4, 0.5) is 5.82 Å². The Morgan fingerprint density at radius 3 is 2.44 bits per heavy atom. The summed E-state index contributed by atoms with van der Waals surface area (Å²) in [6, 6.07) is 14.1. The molecular formula is C15H17N3. The summed E-state index contributed by atoms with van der Waals surface area (Å²) >= 11 is 0. The molecule has 0 saturated heterocycles. The molecule has 0 atom stereocenters. The molecule has 0 aliphatic heterocycles. The number of benzene rings is 1. The minimum atomic E-state index is 0.564. The van der Waals surface area contributed by atoms with Crippen molar-refractivity contribution in [2.24, 2.45) is 10.2 Å². The van der Waals surface area contributed by atoms with Crippen molar-refractivity contribution < 1.29 is 0 Å². The van der Waals surface area contributed by atoms with Crippen molar-refractivity contribution in [2.45, 2.75) is 26.3 Å². The van der Waals surface area contributed by atoms with Crippen LogP contribution in [0.15, 0.2) is 58.9 Å². The molecule has 0 fully saturated rings. The standard InChI is InChI=1S/C15H17N3/c1-12(2)14-8-6-13(7-9-14)11-17-18-15-5-3-4-10-16-15/h3-10,12H,11H2,1-2H3. The summed E-state index contributed by atoms with van der Waals surface area (Å²) in [5.41, 5.74) is 2.51. The number of rotatable bonds is 4. The number of nitrogens with zero attached hydrogens (tertiary/aromatic N) is 3. The van der Waals surface area contributed by atoms with Crippen molar-refractivity contribution in [1.82, 2.24) is 4.98 Å². The molecule has 0 aliphatic rings. The Labute approximate surface area is 108 Å². The molecule has 92 valence electrons. The number of azo groups is 1. The van der Waals surface area contributed by atoms with Gasteiger partial charge in [0, 0.05) is 6.20 Å². The first kappa shape index (κ1) is 12.4. The zero-order chi connectivity index (χ0) is 12.8. The molecule has 0 N–H and O–H groups in total. The first-order valence-corrected chi connectivity index (χ1v) is 6.13. The molecule has 18 heavy (non-hydrogen) atoms. The van der Waals surface area contributed by atoms with Crippen LogP contribution in [0, 0.1) is 0 Å². The monoisotopic (exact) mass is 239 g/mol. The smallest absolute Gasteiger partial charge is 0.173 e. The van der Waals surface area contributed by atoms with E-state index in [1.54, 1.807) is 6.20 Å². The number of aromatic nitrogens is 1. The Morgan fingerprint density at radius 1 is 1.06 bits per heavy atom. The zero-order valence-electron chi connectivity index (χ0n) is 10.7. The van der Waals surface area contributed by atoms with Gasteiger partial charge in [-0.3, -0.25) is 0 Å². The molecule has 0 saturated carbocycles. The van der Waals surface area contributed by atoms with E-state index in [1.807, 2.05) is 18.2 Å². The van der Waals surface area contributed by atoms with Crippen LogP contribution in [-0.4, -0.2) is 4.98 Å². The quantitative estimate of drug-likeness (QED) is 0.724. The van der Waals surface area contributed by atoms with Crippen LogP contribution in [-0.2, 0) is 6.54 Å². The van der Waals surface area contributed by atoms with E-state index in [-0.39, 0.29) is 0 Å². The summed E-state index contributed by atoms with van der Waals surface area (Å²) in [7, 11) is 0. The van der Waals surface area contributed by atoms with E-state index in [9.17, 15) is 0 Å². The van der Waals surface area contributed by atoms with Crippen LogP contribution in [0.25, 0.3) is 0 Å². The van der Waals surface area contributed by atoms with Gasteiger partial charge in [-0.2, -0.15) is 5.11 Å². The summed E-state index contributed by atoms with van der Waals surface area (Å²) in [6.45, 7) is 4.97. The normalized spacial score (nSPS) is 11.3. The van der Waals surface area contributed by atoms with Crippen molar-refractivity contribution in [3.05, 3.63) is 59.8 Å². The highest BCUT2D eigenvalue weighted by atomic mass is 15.1. The third kappa shape index (κ3) is 3.48. The molecule has 0 aliphatic carbocycles. The third-order valence-corrected chi connectivity index (χ3v) is 2.72. The zero-order valence-corrected chi connectivity index (χ0v) is 10.7. The van der Waals surface area contributed by atoms with Gasteiger partial charge in [-0.15, -0.1) is 5.11 Å². The number of hydrogen-bond donors (Lipinski definition) is 0. The fraction of sp³-hybridized carbons (Fsp3) is 0.267. The van der Waals surface area contributed by atoms with E-state index >= 15 is 0 Å². The summed E-state index contributed by atoms with van der Waals surface area (Å²) in [6.07, 6.45) is 1.71. The van der Waals surface area contributed by atoms with Gasteiger partial charge >= 0.3 is 0 Å². The van der Waals surface area contributed by atoms with Crippen molar-refractivity contribution in [3.8, 4) is 0 Å². The van der Waals surface area contributed by atoms with Gasteiger partial charge in [0.2, 0.25) is 0 Å². The van der Waals surface area contributed by atoms with Crippen LogP contribution in [0.1, 0.15) is 30.9 Å². The fourth-order valence-electron chi connectivity index (χ4n) is 1.61. The summed E-state index contributed by atoms with van der Waals surface area (Å²) in [5, 5.41) is 8.22. The van der Waals surface area contributed by atoms with Crippen LogP contribution >= 0.6 is 0 Å².